The van der Waals surface area contributed by atoms with Crippen molar-refractivity contribution in [3.05, 3.63) is 106 Å². The fraction of sp³-hybridized carbons (Fsp3) is 0.0435. The Morgan fingerprint density at radius 2 is 1.37 bits per heavy atom. The highest BCUT2D eigenvalue weighted by Gasteiger charge is 2.32. The third-order valence-electron chi connectivity index (χ3n) is 4.45. The molecule has 0 aliphatic heterocycles. The third-order valence-corrected chi connectivity index (χ3v) is 4.45. The Morgan fingerprint density at radius 3 is 2.00 bits per heavy atom. The molecule has 0 unspecified atom stereocenters. The molecule has 0 saturated heterocycles. The van der Waals surface area contributed by atoms with Crippen LogP contribution in [0.15, 0.2) is 78.4 Å². The zero-order valence-corrected chi connectivity index (χ0v) is 14.3. The van der Waals surface area contributed by atoms with Crippen molar-refractivity contribution in [2.45, 2.75) is 6.61 Å². The summed E-state index contributed by atoms with van der Waals surface area (Å²) in [6.45, 7) is 0.124. The first-order chi connectivity index (χ1) is 13.1. The van der Waals surface area contributed by atoms with Gasteiger partial charge in [-0.3, -0.25) is 9.59 Å². The van der Waals surface area contributed by atoms with Gasteiger partial charge in [0, 0.05) is 16.7 Å². The Bertz CT molecular complexity index is 1030. The first-order valence-corrected chi connectivity index (χ1v) is 8.50. The minimum Gasteiger partial charge on any atom is -0.489 e. The number of allylic oxidation sites excluding steroid dienone is 1. The van der Waals surface area contributed by atoms with Crippen LogP contribution in [-0.4, -0.2) is 11.6 Å². The van der Waals surface area contributed by atoms with Crippen LogP contribution in [0.1, 0.15) is 31.8 Å². The standard InChI is InChI=1S/C23H15FO3/c24-21-8-4-1-5-16(21)14-27-17-11-9-15(10-12-17)13-20-22(25)18-6-2-3-7-19(18)23(20)26/h1-13H,14H2. The molecular weight excluding hydrogens is 343 g/mol. The van der Waals surface area contributed by atoms with E-state index in [2.05, 4.69) is 0 Å². The maximum absolute atomic E-state index is 13.6. The minimum absolute atomic E-state index is 0.124. The highest BCUT2D eigenvalue weighted by molar-refractivity contribution is 6.41. The number of ketones is 2. The predicted molar refractivity (Wildman–Crippen MR) is 100 cm³/mol. The van der Waals surface area contributed by atoms with Crippen LogP contribution >= 0.6 is 0 Å². The van der Waals surface area contributed by atoms with Gasteiger partial charge in [0.1, 0.15) is 18.2 Å². The molecule has 3 aromatic rings. The van der Waals surface area contributed by atoms with Crippen LogP contribution in [0.5, 0.6) is 5.75 Å². The Morgan fingerprint density at radius 1 is 0.778 bits per heavy atom. The Labute approximate surface area is 155 Å². The number of halogens is 1. The van der Waals surface area contributed by atoms with Gasteiger partial charge in [-0.2, -0.15) is 0 Å². The van der Waals surface area contributed by atoms with Crippen LogP contribution in [0, 0.1) is 5.82 Å². The smallest absolute Gasteiger partial charge is 0.197 e. The zero-order chi connectivity index (χ0) is 18.8. The predicted octanol–water partition coefficient (Wildman–Crippen LogP) is 4.87. The van der Waals surface area contributed by atoms with Gasteiger partial charge in [-0.05, 0) is 29.8 Å². The Hall–Kier alpha value is -3.53. The van der Waals surface area contributed by atoms with Gasteiger partial charge in [0.05, 0.1) is 5.57 Å². The summed E-state index contributed by atoms with van der Waals surface area (Å²) in [6.07, 6.45) is 1.59. The molecule has 0 amide bonds. The quantitative estimate of drug-likeness (QED) is 0.494. The van der Waals surface area contributed by atoms with Crippen molar-refractivity contribution in [2.24, 2.45) is 0 Å². The SMILES string of the molecule is O=C1C(=Cc2ccc(OCc3ccccc3F)cc2)C(=O)c2ccccc21. The molecule has 0 saturated carbocycles. The molecule has 4 heteroatoms. The van der Waals surface area contributed by atoms with Crippen molar-refractivity contribution in [2.75, 3.05) is 0 Å². The average molecular weight is 358 g/mol. The summed E-state index contributed by atoms with van der Waals surface area (Å²) < 4.78 is 19.2. The van der Waals surface area contributed by atoms with Crippen LogP contribution < -0.4 is 4.74 Å². The van der Waals surface area contributed by atoms with Gasteiger partial charge >= 0.3 is 0 Å². The molecule has 0 radical (unpaired) electrons. The molecule has 0 atom stereocenters. The van der Waals surface area contributed by atoms with Crippen molar-refractivity contribution in [1.82, 2.24) is 0 Å². The van der Waals surface area contributed by atoms with Crippen LogP contribution in [0.3, 0.4) is 0 Å². The highest BCUT2D eigenvalue weighted by Crippen LogP contribution is 2.28. The second kappa shape index (κ2) is 7.00. The molecule has 27 heavy (non-hydrogen) atoms. The van der Waals surface area contributed by atoms with E-state index in [9.17, 15) is 14.0 Å². The van der Waals surface area contributed by atoms with Gasteiger partial charge < -0.3 is 4.74 Å². The monoisotopic (exact) mass is 358 g/mol. The maximum atomic E-state index is 13.6. The topological polar surface area (TPSA) is 43.4 Å². The van der Waals surface area contributed by atoms with E-state index in [1.165, 1.54) is 6.07 Å². The van der Waals surface area contributed by atoms with E-state index in [4.69, 9.17) is 4.74 Å². The first kappa shape index (κ1) is 16.9. The molecule has 0 spiro atoms. The molecule has 0 aromatic heterocycles. The summed E-state index contributed by atoms with van der Waals surface area (Å²) >= 11 is 0. The second-order valence-corrected chi connectivity index (χ2v) is 6.21. The Balaban J connectivity index is 1.50. The lowest BCUT2D eigenvalue weighted by molar-refractivity contribution is 0.0990. The van der Waals surface area contributed by atoms with Gasteiger partial charge in [0.15, 0.2) is 11.6 Å². The van der Waals surface area contributed by atoms with E-state index >= 15 is 0 Å². The van der Waals surface area contributed by atoms with E-state index in [0.29, 0.717) is 22.4 Å². The fourth-order valence-electron chi connectivity index (χ4n) is 3.01. The number of hydrogen-bond donors (Lipinski definition) is 0. The van der Waals surface area contributed by atoms with Crippen molar-refractivity contribution in [3.8, 4) is 5.75 Å². The molecule has 3 aromatic carbocycles. The second-order valence-electron chi connectivity index (χ2n) is 6.21. The molecule has 3 nitrogen and oxygen atoms in total. The largest absolute Gasteiger partial charge is 0.489 e. The van der Waals surface area contributed by atoms with Gasteiger partial charge in [0.25, 0.3) is 0 Å². The Kier molecular flexibility index (Phi) is 4.38. The molecule has 4 rings (SSSR count). The number of hydrogen-bond acceptors (Lipinski definition) is 3. The zero-order valence-electron chi connectivity index (χ0n) is 14.3. The van der Waals surface area contributed by atoms with E-state index in [1.807, 2.05) is 0 Å². The molecule has 1 aliphatic rings. The van der Waals surface area contributed by atoms with Gasteiger partial charge in [-0.1, -0.05) is 54.6 Å². The molecule has 132 valence electrons. The van der Waals surface area contributed by atoms with Crippen LogP contribution in [-0.2, 0) is 6.61 Å². The first-order valence-electron chi connectivity index (χ1n) is 8.50. The van der Waals surface area contributed by atoms with Crippen LogP contribution in [0.2, 0.25) is 0 Å². The minimum atomic E-state index is -0.309. The highest BCUT2D eigenvalue weighted by atomic mass is 19.1. The molecule has 0 N–H and O–H groups in total. The molecule has 0 heterocycles. The van der Waals surface area contributed by atoms with E-state index in [-0.39, 0.29) is 29.6 Å². The number of fused-ring (bicyclic) bond motifs is 1. The third kappa shape index (κ3) is 3.29. The number of ether oxygens (including phenoxy) is 1. The lowest BCUT2D eigenvalue weighted by atomic mass is 10.1. The van der Waals surface area contributed by atoms with Crippen molar-refractivity contribution < 1.29 is 18.7 Å². The average Bonchev–Trinajstić information content (AvgIpc) is 2.94. The molecular formula is C23H15FO3. The summed E-state index contributed by atoms with van der Waals surface area (Å²) in [6, 6.07) is 20.2. The van der Waals surface area contributed by atoms with Crippen molar-refractivity contribution in [3.63, 3.8) is 0 Å². The van der Waals surface area contributed by atoms with E-state index in [1.54, 1.807) is 72.8 Å². The van der Waals surface area contributed by atoms with Gasteiger partial charge in [-0.15, -0.1) is 0 Å². The number of carbonyl (C=O) groups is 2. The molecule has 0 bridgehead atoms. The van der Waals surface area contributed by atoms with Crippen molar-refractivity contribution in [1.29, 1.82) is 0 Å². The van der Waals surface area contributed by atoms with Gasteiger partial charge in [-0.25, -0.2) is 4.39 Å². The van der Waals surface area contributed by atoms with E-state index in [0.717, 1.165) is 5.56 Å². The normalized spacial score (nSPS) is 12.9. The summed E-state index contributed by atoms with van der Waals surface area (Å²) in [5.74, 6) is -0.240. The van der Waals surface area contributed by atoms with E-state index < -0.39 is 0 Å². The lowest BCUT2D eigenvalue weighted by Gasteiger charge is -2.07. The van der Waals surface area contributed by atoms with Crippen LogP contribution in [0.4, 0.5) is 4.39 Å². The lowest BCUT2D eigenvalue weighted by Crippen LogP contribution is -2.00. The summed E-state index contributed by atoms with van der Waals surface area (Å²) in [5.41, 5.74) is 2.25. The number of carbonyl (C=O) groups excluding carboxylic acids is 2. The summed E-state index contributed by atoms with van der Waals surface area (Å²) in [7, 11) is 0. The number of benzene rings is 3. The van der Waals surface area contributed by atoms with Gasteiger partial charge in [0.2, 0.25) is 0 Å². The maximum Gasteiger partial charge on any atom is 0.197 e. The fourth-order valence-corrected chi connectivity index (χ4v) is 3.01. The summed E-state index contributed by atoms with van der Waals surface area (Å²) in [5, 5.41) is 0. The van der Waals surface area contributed by atoms with Crippen molar-refractivity contribution >= 4 is 17.6 Å². The molecule has 1 aliphatic carbocycles. The molecule has 0 fully saturated rings. The van der Waals surface area contributed by atoms with Crippen LogP contribution in [0.25, 0.3) is 6.08 Å². The summed E-state index contributed by atoms with van der Waals surface area (Å²) in [4.78, 5) is 24.8. The number of Topliss-reactive ketones (excluding diaryl/α,β-unsaturated/α-hetero) is 2. The number of rotatable bonds is 4.